The van der Waals surface area contributed by atoms with Crippen molar-refractivity contribution in [1.82, 2.24) is 0 Å². The van der Waals surface area contributed by atoms with Gasteiger partial charge in [-0.05, 0) is 11.5 Å². The van der Waals surface area contributed by atoms with E-state index < -0.39 is 7.82 Å². The van der Waals surface area contributed by atoms with Gasteiger partial charge in [0.1, 0.15) is 13.6 Å². The van der Waals surface area contributed by atoms with Gasteiger partial charge in [-0.15, -0.1) is 0 Å². The molecule has 2 aromatic rings. The standard InChI is InChI=1S/C10H9O4P.2Cs/c11-15(12,13)14-10-7-3-5-8-4-1-2-6-9(8)10;;/h1-7H,(H2,11,12,13);;/q;2*+1/p-2. The third kappa shape index (κ3) is 6.37. The summed E-state index contributed by atoms with van der Waals surface area (Å²) in [5, 5.41) is 1.43. The molecule has 0 aliphatic rings. The van der Waals surface area contributed by atoms with Crippen LogP contribution in [0.25, 0.3) is 10.8 Å². The Morgan fingerprint density at radius 2 is 1.53 bits per heavy atom. The Balaban J connectivity index is 0.00000128. The SMILES string of the molecule is O=P([O-])([O-])Oc1cccc2ccccc12.[Cs+].[Cs+]. The molecule has 2 aromatic carbocycles. The number of rotatable bonds is 2. The second-order valence-electron chi connectivity index (χ2n) is 3.02. The van der Waals surface area contributed by atoms with Crippen LogP contribution in [0.2, 0.25) is 0 Å². The second kappa shape index (κ2) is 8.91. The van der Waals surface area contributed by atoms with Gasteiger partial charge in [-0.3, -0.25) is 0 Å². The molecule has 0 atom stereocenters. The van der Waals surface area contributed by atoms with E-state index in [1.54, 1.807) is 18.2 Å². The van der Waals surface area contributed by atoms with E-state index >= 15 is 0 Å². The van der Waals surface area contributed by atoms with E-state index in [1.165, 1.54) is 6.07 Å². The summed E-state index contributed by atoms with van der Waals surface area (Å²) in [7, 11) is -4.99. The molecule has 0 spiro atoms. The smallest absolute Gasteiger partial charge is 0.780 e. The van der Waals surface area contributed by atoms with Crippen molar-refractivity contribution < 1.29 is 157 Å². The predicted octanol–water partition coefficient (Wildman–Crippen LogP) is -4.94. The third-order valence-electron chi connectivity index (χ3n) is 1.96. The predicted molar refractivity (Wildman–Crippen MR) is 52.2 cm³/mol. The molecule has 0 aliphatic carbocycles. The van der Waals surface area contributed by atoms with Crippen molar-refractivity contribution in [2.45, 2.75) is 0 Å². The van der Waals surface area contributed by atoms with Gasteiger partial charge in [-0.25, -0.2) is 0 Å². The van der Waals surface area contributed by atoms with Crippen LogP contribution in [0.5, 0.6) is 5.75 Å². The Hall–Kier alpha value is 2.75. The third-order valence-corrected chi connectivity index (χ3v) is 2.38. The van der Waals surface area contributed by atoms with E-state index in [1.807, 2.05) is 18.2 Å². The number of hydrogen-bond donors (Lipinski definition) is 0. The molecule has 0 unspecified atom stereocenters. The molecule has 0 saturated heterocycles. The van der Waals surface area contributed by atoms with E-state index in [9.17, 15) is 14.4 Å². The van der Waals surface area contributed by atoms with Gasteiger partial charge in [-0.1, -0.05) is 36.4 Å². The first-order valence-corrected chi connectivity index (χ1v) is 5.72. The summed E-state index contributed by atoms with van der Waals surface area (Å²) in [5.41, 5.74) is 0. The summed E-state index contributed by atoms with van der Waals surface area (Å²) in [6, 6.07) is 12.0. The molecule has 0 radical (unpaired) electrons. The van der Waals surface area contributed by atoms with Gasteiger partial charge < -0.3 is 18.9 Å². The number of phosphoric ester groups is 1. The molecule has 0 bridgehead atoms. The van der Waals surface area contributed by atoms with Crippen molar-refractivity contribution in [3.63, 3.8) is 0 Å². The minimum atomic E-state index is -4.99. The van der Waals surface area contributed by atoms with Crippen LogP contribution in [-0.4, -0.2) is 0 Å². The first-order valence-electron chi connectivity index (χ1n) is 4.26. The molecule has 0 amide bonds. The first kappa shape index (κ1) is 19.8. The largest absolute Gasteiger partial charge is 1.00 e. The molecule has 0 fully saturated rings. The Labute approximate surface area is 217 Å². The minimum Gasteiger partial charge on any atom is -0.780 e. The van der Waals surface area contributed by atoms with Gasteiger partial charge in [0.25, 0.3) is 0 Å². The summed E-state index contributed by atoms with van der Waals surface area (Å²) < 4.78 is 14.9. The zero-order valence-corrected chi connectivity index (χ0v) is 23.1. The Bertz CT molecular complexity index is 535. The summed E-state index contributed by atoms with van der Waals surface area (Å²) in [6.45, 7) is 0. The van der Waals surface area contributed by atoms with Gasteiger partial charge in [0.15, 0.2) is 0 Å². The van der Waals surface area contributed by atoms with E-state index in [2.05, 4.69) is 4.52 Å². The van der Waals surface area contributed by atoms with Crippen LogP contribution in [0.15, 0.2) is 42.5 Å². The molecule has 4 nitrogen and oxygen atoms in total. The van der Waals surface area contributed by atoms with Crippen molar-refractivity contribution in [2.24, 2.45) is 0 Å². The van der Waals surface area contributed by atoms with Gasteiger partial charge in [-0.2, -0.15) is 0 Å². The molecule has 0 saturated carbocycles. The van der Waals surface area contributed by atoms with Crippen LogP contribution in [0.3, 0.4) is 0 Å². The molecular weight excluding hydrogens is 481 g/mol. The number of benzene rings is 2. The van der Waals surface area contributed by atoms with Crippen LogP contribution in [0.4, 0.5) is 0 Å². The summed E-state index contributed by atoms with van der Waals surface area (Å²) in [4.78, 5) is 21.0. The minimum absolute atomic E-state index is 0. The van der Waals surface area contributed by atoms with E-state index in [4.69, 9.17) is 0 Å². The number of hydrogen-bond acceptors (Lipinski definition) is 4. The molecule has 0 heterocycles. The molecular formula is C10H7Cs2O4P. The maximum atomic E-state index is 10.5. The normalized spacial score (nSPS) is 10.2. The molecule has 17 heavy (non-hydrogen) atoms. The maximum Gasteiger partial charge on any atom is 1.00 e. The van der Waals surface area contributed by atoms with Gasteiger partial charge in [0.2, 0.25) is 0 Å². The number of fused-ring (bicyclic) bond motifs is 1. The Morgan fingerprint density at radius 1 is 0.941 bits per heavy atom. The Kier molecular flexibility index (Phi) is 10.4. The van der Waals surface area contributed by atoms with Crippen LogP contribution in [-0.2, 0) is 4.57 Å². The first-order chi connectivity index (χ1) is 7.06. The molecule has 2 rings (SSSR count). The number of phosphoric acid groups is 1. The molecule has 78 valence electrons. The zero-order valence-electron chi connectivity index (χ0n) is 9.62. The van der Waals surface area contributed by atoms with Crippen molar-refractivity contribution in [3.8, 4) is 5.75 Å². The van der Waals surface area contributed by atoms with Gasteiger partial charge >= 0.3 is 138 Å². The summed E-state index contributed by atoms with van der Waals surface area (Å²) in [5.74, 6) is 0.0708. The van der Waals surface area contributed by atoms with Crippen molar-refractivity contribution in [3.05, 3.63) is 42.5 Å². The quantitative estimate of drug-likeness (QED) is 0.398. The molecule has 0 aromatic heterocycles. The fraction of sp³-hybridized carbons (Fsp3) is 0. The average molecular weight is 488 g/mol. The summed E-state index contributed by atoms with van der Waals surface area (Å²) >= 11 is 0. The zero-order chi connectivity index (χ0) is 10.9. The average Bonchev–Trinajstić information content (AvgIpc) is 2.16. The van der Waals surface area contributed by atoms with E-state index in [0.717, 1.165) is 5.39 Å². The molecule has 7 heteroatoms. The van der Waals surface area contributed by atoms with Gasteiger partial charge in [0, 0.05) is 5.39 Å². The molecule has 0 aliphatic heterocycles. The summed E-state index contributed by atoms with van der Waals surface area (Å²) in [6.07, 6.45) is 0. The Morgan fingerprint density at radius 3 is 2.18 bits per heavy atom. The van der Waals surface area contributed by atoms with E-state index in [-0.39, 0.29) is 144 Å². The monoisotopic (exact) mass is 488 g/mol. The molecule has 0 N–H and O–H groups in total. The van der Waals surface area contributed by atoms with E-state index in [0.29, 0.717) is 5.39 Å². The second-order valence-corrected chi connectivity index (χ2v) is 4.09. The van der Waals surface area contributed by atoms with Crippen molar-refractivity contribution in [1.29, 1.82) is 0 Å². The van der Waals surface area contributed by atoms with Crippen LogP contribution in [0.1, 0.15) is 0 Å². The van der Waals surface area contributed by atoms with Crippen LogP contribution in [0, 0.1) is 0 Å². The van der Waals surface area contributed by atoms with Crippen LogP contribution >= 0.6 is 7.82 Å². The maximum absolute atomic E-state index is 10.5. The van der Waals surface area contributed by atoms with Crippen molar-refractivity contribution >= 4 is 18.6 Å². The fourth-order valence-corrected chi connectivity index (χ4v) is 1.80. The topological polar surface area (TPSA) is 72.4 Å². The fourth-order valence-electron chi connectivity index (χ4n) is 1.40. The van der Waals surface area contributed by atoms with Crippen LogP contribution < -0.4 is 152 Å². The van der Waals surface area contributed by atoms with Crippen molar-refractivity contribution in [2.75, 3.05) is 0 Å². The van der Waals surface area contributed by atoms with Gasteiger partial charge in [0.05, 0.1) is 0 Å².